The first-order valence-corrected chi connectivity index (χ1v) is 6.90. The van der Waals surface area contributed by atoms with Gasteiger partial charge in [0.1, 0.15) is 5.82 Å². The number of aromatic nitrogens is 1. The van der Waals surface area contributed by atoms with Gasteiger partial charge >= 0.3 is 0 Å². The zero-order valence-electron chi connectivity index (χ0n) is 10.6. The van der Waals surface area contributed by atoms with Gasteiger partial charge in [-0.3, -0.25) is 0 Å². The number of nitrogens with zero attached hydrogens (tertiary/aromatic N) is 1. The van der Waals surface area contributed by atoms with Crippen molar-refractivity contribution in [2.75, 3.05) is 0 Å². The van der Waals surface area contributed by atoms with Gasteiger partial charge < -0.3 is 5.73 Å². The van der Waals surface area contributed by atoms with Crippen molar-refractivity contribution in [1.29, 1.82) is 0 Å². The monoisotopic (exact) mass is 264 g/mol. The largest absolute Gasteiger partial charge is 0.327 e. The zero-order chi connectivity index (χ0) is 13.1. The molecule has 0 bridgehead atoms. The van der Waals surface area contributed by atoms with Crippen LogP contribution in [0.3, 0.4) is 0 Å². The summed E-state index contributed by atoms with van der Waals surface area (Å²) in [7, 11) is 0. The van der Waals surface area contributed by atoms with Crippen molar-refractivity contribution in [2.45, 2.75) is 32.7 Å². The normalized spacial score (nSPS) is 12.7. The van der Waals surface area contributed by atoms with E-state index in [1.165, 1.54) is 6.07 Å². The molecule has 0 spiro atoms. The molecule has 0 fully saturated rings. The lowest BCUT2D eigenvalue weighted by Gasteiger charge is -2.04. The summed E-state index contributed by atoms with van der Waals surface area (Å²) in [4.78, 5) is 5.57. The van der Waals surface area contributed by atoms with Gasteiger partial charge in [0, 0.05) is 22.9 Å². The molecule has 0 radical (unpaired) electrons. The second-order valence-electron chi connectivity index (χ2n) is 4.36. The van der Waals surface area contributed by atoms with Gasteiger partial charge in [0.2, 0.25) is 0 Å². The average molecular weight is 264 g/mol. The highest BCUT2D eigenvalue weighted by molar-refractivity contribution is 7.12. The Kier molecular flexibility index (Phi) is 4.09. The number of aryl methyl sites for hydroxylation is 1. The third kappa shape index (κ3) is 2.76. The third-order valence-corrected chi connectivity index (χ3v) is 3.92. The minimum atomic E-state index is -0.225. The number of benzene rings is 1. The Hall–Kier alpha value is -1.26. The first-order valence-electron chi connectivity index (χ1n) is 6.08. The van der Waals surface area contributed by atoms with Crippen LogP contribution in [0.15, 0.2) is 24.3 Å². The van der Waals surface area contributed by atoms with Crippen LogP contribution in [0.1, 0.15) is 23.2 Å². The SMILES string of the molecule is CCC(N)Cc1nc(-c2ccccc2F)c(C)s1. The molecule has 0 saturated carbocycles. The molecule has 1 aromatic carbocycles. The minimum absolute atomic E-state index is 0.129. The van der Waals surface area contributed by atoms with Gasteiger partial charge in [0.15, 0.2) is 0 Å². The molecule has 2 aromatic rings. The fourth-order valence-electron chi connectivity index (χ4n) is 1.81. The molecule has 18 heavy (non-hydrogen) atoms. The molecule has 0 aliphatic heterocycles. The van der Waals surface area contributed by atoms with Crippen LogP contribution in [0.2, 0.25) is 0 Å². The number of nitrogens with two attached hydrogens (primary N) is 1. The third-order valence-electron chi connectivity index (χ3n) is 2.93. The van der Waals surface area contributed by atoms with E-state index < -0.39 is 0 Å². The Morgan fingerprint density at radius 2 is 2.11 bits per heavy atom. The first kappa shape index (κ1) is 13.2. The molecule has 1 atom stereocenters. The lowest BCUT2D eigenvalue weighted by atomic mass is 10.1. The Morgan fingerprint density at radius 3 is 2.78 bits per heavy atom. The zero-order valence-corrected chi connectivity index (χ0v) is 11.4. The smallest absolute Gasteiger partial charge is 0.132 e. The van der Waals surface area contributed by atoms with Crippen LogP contribution >= 0.6 is 11.3 Å². The summed E-state index contributed by atoms with van der Waals surface area (Å²) in [5.41, 5.74) is 7.24. The number of hydrogen-bond donors (Lipinski definition) is 1. The van der Waals surface area contributed by atoms with Gasteiger partial charge in [-0.15, -0.1) is 11.3 Å². The summed E-state index contributed by atoms with van der Waals surface area (Å²) in [6.07, 6.45) is 1.68. The van der Waals surface area contributed by atoms with Gasteiger partial charge in [0.25, 0.3) is 0 Å². The second-order valence-corrected chi connectivity index (χ2v) is 5.65. The molecule has 1 aromatic heterocycles. The molecule has 96 valence electrons. The summed E-state index contributed by atoms with van der Waals surface area (Å²) < 4.78 is 13.7. The molecule has 0 saturated heterocycles. The van der Waals surface area contributed by atoms with Crippen LogP contribution in [-0.4, -0.2) is 11.0 Å². The first-order chi connectivity index (χ1) is 8.61. The topological polar surface area (TPSA) is 38.9 Å². The molecule has 2 nitrogen and oxygen atoms in total. The lowest BCUT2D eigenvalue weighted by molar-refractivity contribution is 0.630. The summed E-state index contributed by atoms with van der Waals surface area (Å²) in [5, 5.41) is 0.986. The second kappa shape index (κ2) is 5.59. The van der Waals surface area contributed by atoms with E-state index in [1.807, 2.05) is 13.0 Å². The Balaban J connectivity index is 2.33. The quantitative estimate of drug-likeness (QED) is 0.917. The average Bonchev–Trinajstić information content (AvgIpc) is 2.70. The summed E-state index contributed by atoms with van der Waals surface area (Å²) in [5.74, 6) is -0.225. The van der Waals surface area contributed by atoms with Crippen molar-refractivity contribution >= 4 is 11.3 Å². The lowest BCUT2D eigenvalue weighted by Crippen LogP contribution is -2.21. The van der Waals surface area contributed by atoms with Crippen LogP contribution in [0.4, 0.5) is 4.39 Å². The van der Waals surface area contributed by atoms with Crippen LogP contribution < -0.4 is 5.73 Å². The number of thiazole rings is 1. The predicted octanol–water partition coefficient (Wildman–Crippen LogP) is 3.54. The molecule has 0 aliphatic carbocycles. The van der Waals surface area contributed by atoms with Gasteiger partial charge in [-0.1, -0.05) is 19.1 Å². The molecular weight excluding hydrogens is 247 g/mol. The standard InChI is InChI=1S/C14H17FN2S/c1-3-10(16)8-13-17-14(9(2)18-13)11-6-4-5-7-12(11)15/h4-7,10H,3,8,16H2,1-2H3. The highest BCUT2D eigenvalue weighted by atomic mass is 32.1. The van der Waals surface area contributed by atoms with Crippen LogP contribution in [0.25, 0.3) is 11.3 Å². The maximum atomic E-state index is 13.7. The van der Waals surface area contributed by atoms with Gasteiger partial charge in [0.05, 0.1) is 10.7 Å². The van der Waals surface area contributed by atoms with Crippen molar-refractivity contribution in [2.24, 2.45) is 5.73 Å². The molecule has 1 heterocycles. The fourth-order valence-corrected chi connectivity index (χ4v) is 2.85. The maximum absolute atomic E-state index is 13.7. The van der Waals surface area contributed by atoms with E-state index in [9.17, 15) is 4.39 Å². The predicted molar refractivity (Wildman–Crippen MR) is 74.2 cm³/mol. The molecular formula is C14H17FN2S. The van der Waals surface area contributed by atoms with Gasteiger partial charge in [-0.25, -0.2) is 9.37 Å². The van der Waals surface area contributed by atoms with E-state index in [1.54, 1.807) is 23.5 Å². The van der Waals surface area contributed by atoms with E-state index in [4.69, 9.17) is 5.73 Å². The molecule has 1 unspecified atom stereocenters. The van der Waals surface area contributed by atoms with Crippen molar-refractivity contribution in [3.8, 4) is 11.3 Å². The highest BCUT2D eigenvalue weighted by Gasteiger charge is 2.14. The number of rotatable bonds is 4. The van der Waals surface area contributed by atoms with Crippen LogP contribution in [0, 0.1) is 12.7 Å². The van der Waals surface area contributed by atoms with Crippen molar-refractivity contribution in [3.05, 3.63) is 40.0 Å². The van der Waals surface area contributed by atoms with Crippen molar-refractivity contribution < 1.29 is 4.39 Å². The van der Waals surface area contributed by atoms with Crippen molar-refractivity contribution in [1.82, 2.24) is 4.98 Å². The van der Waals surface area contributed by atoms with Crippen LogP contribution in [0.5, 0.6) is 0 Å². The minimum Gasteiger partial charge on any atom is -0.327 e. The van der Waals surface area contributed by atoms with Crippen LogP contribution in [-0.2, 0) is 6.42 Å². The Labute approximate surface area is 111 Å². The summed E-state index contributed by atoms with van der Waals surface area (Å²) in [6.45, 7) is 4.03. The molecule has 0 aliphatic rings. The Morgan fingerprint density at radius 1 is 1.39 bits per heavy atom. The van der Waals surface area contributed by atoms with Crippen molar-refractivity contribution in [3.63, 3.8) is 0 Å². The fraction of sp³-hybridized carbons (Fsp3) is 0.357. The van der Waals surface area contributed by atoms with E-state index in [2.05, 4.69) is 11.9 Å². The Bertz CT molecular complexity index is 536. The number of halogens is 1. The molecule has 2 rings (SSSR count). The van der Waals surface area contributed by atoms with Gasteiger partial charge in [-0.05, 0) is 25.5 Å². The summed E-state index contributed by atoms with van der Waals surface area (Å²) in [6, 6.07) is 6.87. The van der Waals surface area contributed by atoms with E-state index in [0.29, 0.717) is 5.56 Å². The van der Waals surface area contributed by atoms with E-state index >= 15 is 0 Å². The highest BCUT2D eigenvalue weighted by Crippen LogP contribution is 2.29. The molecule has 0 amide bonds. The maximum Gasteiger partial charge on any atom is 0.132 e. The van der Waals surface area contributed by atoms with Gasteiger partial charge in [-0.2, -0.15) is 0 Å². The van der Waals surface area contributed by atoms with E-state index in [0.717, 1.165) is 28.4 Å². The molecule has 4 heteroatoms. The number of hydrogen-bond acceptors (Lipinski definition) is 3. The summed E-state index contributed by atoms with van der Waals surface area (Å²) >= 11 is 1.60. The van der Waals surface area contributed by atoms with E-state index in [-0.39, 0.29) is 11.9 Å². The molecule has 2 N–H and O–H groups in total.